The van der Waals surface area contributed by atoms with E-state index < -0.39 is 0 Å². The largest absolute Gasteiger partial charge is 0.326 e. The number of amides is 1. The summed E-state index contributed by atoms with van der Waals surface area (Å²) < 4.78 is 0. The van der Waals surface area contributed by atoms with Crippen molar-refractivity contribution in [2.75, 3.05) is 5.32 Å². The molecular weight excluding hydrogens is 258 g/mol. The van der Waals surface area contributed by atoms with Crippen molar-refractivity contribution in [3.63, 3.8) is 0 Å². The van der Waals surface area contributed by atoms with Crippen LogP contribution in [0.25, 0.3) is 0 Å². The second kappa shape index (κ2) is 5.47. The summed E-state index contributed by atoms with van der Waals surface area (Å²) >= 11 is 0. The van der Waals surface area contributed by atoms with Crippen molar-refractivity contribution in [3.05, 3.63) is 29.8 Å². The van der Waals surface area contributed by atoms with Gasteiger partial charge in [-0.25, -0.2) is 0 Å². The highest BCUT2D eigenvalue weighted by atomic mass is 16.1. The smallest absolute Gasteiger partial charge is 0.224 e. The third-order valence-corrected chi connectivity index (χ3v) is 5.34. The molecule has 2 aliphatic carbocycles. The molecule has 1 aromatic carbocycles. The Bertz CT molecular complexity index is 529. The van der Waals surface area contributed by atoms with E-state index in [1.807, 2.05) is 18.2 Å². The van der Waals surface area contributed by atoms with Crippen LogP contribution in [0.15, 0.2) is 24.3 Å². The third kappa shape index (κ3) is 3.14. The summed E-state index contributed by atoms with van der Waals surface area (Å²) in [6.45, 7) is 6.57. The minimum absolute atomic E-state index is 0.0519. The molecule has 21 heavy (non-hydrogen) atoms. The molecule has 114 valence electrons. The van der Waals surface area contributed by atoms with E-state index in [4.69, 9.17) is 0 Å². The summed E-state index contributed by atoms with van der Waals surface area (Å²) in [4.78, 5) is 12.4. The first-order valence-electron chi connectivity index (χ1n) is 8.33. The predicted octanol–water partition coefficient (Wildman–Crippen LogP) is 4.75. The van der Waals surface area contributed by atoms with E-state index in [-0.39, 0.29) is 11.3 Å². The lowest BCUT2D eigenvalue weighted by atomic mass is 9.85. The van der Waals surface area contributed by atoms with E-state index in [0.717, 1.165) is 17.5 Å². The fourth-order valence-electron chi connectivity index (χ4n) is 4.31. The Balaban J connectivity index is 1.65. The van der Waals surface area contributed by atoms with Crippen molar-refractivity contribution in [3.8, 4) is 0 Å². The van der Waals surface area contributed by atoms with Gasteiger partial charge in [-0.2, -0.15) is 0 Å². The van der Waals surface area contributed by atoms with Gasteiger partial charge in [0, 0.05) is 12.1 Å². The lowest BCUT2D eigenvalue weighted by Crippen LogP contribution is -2.22. The average Bonchev–Trinajstić information content (AvgIpc) is 3.00. The summed E-state index contributed by atoms with van der Waals surface area (Å²) in [5.74, 6) is 2.56. The van der Waals surface area contributed by atoms with E-state index in [1.54, 1.807) is 0 Å². The first kappa shape index (κ1) is 14.6. The number of nitrogens with one attached hydrogen (secondary N) is 1. The molecule has 0 radical (unpaired) electrons. The van der Waals surface area contributed by atoms with Gasteiger partial charge in [0.1, 0.15) is 0 Å². The molecule has 2 fully saturated rings. The van der Waals surface area contributed by atoms with E-state index in [0.29, 0.717) is 12.3 Å². The highest BCUT2D eigenvalue weighted by molar-refractivity contribution is 5.91. The molecule has 2 nitrogen and oxygen atoms in total. The van der Waals surface area contributed by atoms with Crippen LogP contribution >= 0.6 is 0 Å². The van der Waals surface area contributed by atoms with Crippen LogP contribution in [0, 0.1) is 17.8 Å². The van der Waals surface area contributed by atoms with Crippen LogP contribution in [-0.2, 0) is 10.2 Å². The van der Waals surface area contributed by atoms with Crippen LogP contribution in [-0.4, -0.2) is 5.91 Å². The molecule has 0 aromatic heterocycles. The van der Waals surface area contributed by atoms with E-state index in [2.05, 4.69) is 32.2 Å². The SMILES string of the molecule is CC(C)(C)c1ccccc1NC(=O)C[C@H]1C[C@@H]2CC[C@@H]1C2. The number of anilines is 1. The van der Waals surface area contributed by atoms with Crippen LogP contribution in [0.3, 0.4) is 0 Å². The number of fused-ring (bicyclic) bond motifs is 2. The summed E-state index contributed by atoms with van der Waals surface area (Å²) in [5, 5.41) is 3.16. The van der Waals surface area contributed by atoms with Gasteiger partial charge in [0.05, 0.1) is 0 Å². The van der Waals surface area contributed by atoms with Crippen LogP contribution in [0.5, 0.6) is 0 Å². The van der Waals surface area contributed by atoms with Crippen molar-refractivity contribution >= 4 is 11.6 Å². The maximum absolute atomic E-state index is 12.4. The highest BCUT2D eigenvalue weighted by Gasteiger charge is 2.40. The lowest BCUT2D eigenvalue weighted by molar-refractivity contribution is -0.117. The minimum atomic E-state index is 0.0519. The summed E-state index contributed by atoms with van der Waals surface area (Å²) in [6.07, 6.45) is 6.10. The quantitative estimate of drug-likeness (QED) is 0.853. The molecule has 3 atom stereocenters. The second-order valence-corrected chi connectivity index (χ2v) is 7.98. The maximum Gasteiger partial charge on any atom is 0.224 e. The van der Waals surface area contributed by atoms with Gasteiger partial charge < -0.3 is 5.32 Å². The Morgan fingerprint density at radius 1 is 1.19 bits per heavy atom. The molecular formula is C19H27NO. The van der Waals surface area contributed by atoms with Crippen molar-refractivity contribution in [1.82, 2.24) is 0 Å². The van der Waals surface area contributed by atoms with Crippen molar-refractivity contribution < 1.29 is 4.79 Å². The summed E-state index contributed by atoms with van der Waals surface area (Å²) in [5.41, 5.74) is 2.25. The molecule has 2 bridgehead atoms. The van der Waals surface area contributed by atoms with Crippen molar-refractivity contribution in [2.45, 2.75) is 58.3 Å². The standard InChI is InChI=1S/C19H27NO/c1-19(2,3)16-6-4-5-7-17(16)20-18(21)12-15-11-13-8-9-14(15)10-13/h4-7,13-15H,8-12H2,1-3H3,(H,20,21)/t13-,14-,15-/m1/s1. The molecule has 0 heterocycles. The van der Waals surface area contributed by atoms with Crippen LogP contribution in [0.4, 0.5) is 5.69 Å². The molecule has 3 rings (SSSR count). The molecule has 0 unspecified atom stereocenters. The monoisotopic (exact) mass is 285 g/mol. The van der Waals surface area contributed by atoms with Crippen molar-refractivity contribution in [2.24, 2.45) is 17.8 Å². The van der Waals surface area contributed by atoms with Crippen LogP contribution < -0.4 is 5.32 Å². The number of hydrogen-bond donors (Lipinski definition) is 1. The van der Waals surface area contributed by atoms with Gasteiger partial charge in [0.15, 0.2) is 0 Å². The molecule has 1 amide bonds. The Kier molecular flexibility index (Phi) is 3.81. The fraction of sp³-hybridized carbons (Fsp3) is 0.632. The number of rotatable bonds is 3. The number of benzene rings is 1. The molecule has 0 aliphatic heterocycles. The zero-order valence-electron chi connectivity index (χ0n) is 13.5. The molecule has 2 saturated carbocycles. The Hall–Kier alpha value is -1.31. The van der Waals surface area contributed by atoms with Gasteiger partial charge in [-0.15, -0.1) is 0 Å². The lowest BCUT2D eigenvalue weighted by Gasteiger charge is -2.24. The normalized spacial score (nSPS) is 27.9. The highest BCUT2D eigenvalue weighted by Crippen LogP contribution is 2.49. The van der Waals surface area contributed by atoms with E-state index >= 15 is 0 Å². The molecule has 0 spiro atoms. The number of carbonyl (C=O) groups excluding carboxylic acids is 1. The second-order valence-electron chi connectivity index (χ2n) is 7.98. The number of carbonyl (C=O) groups is 1. The van der Waals surface area contributed by atoms with Crippen molar-refractivity contribution in [1.29, 1.82) is 0 Å². The van der Waals surface area contributed by atoms with Gasteiger partial charge in [0.2, 0.25) is 5.91 Å². The van der Waals surface area contributed by atoms with E-state index in [9.17, 15) is 4.79 Å². The van der Waals surface area contributed by atoms with Crippen LogP contribution in [0.2, 0.25) is 0 Å². The first-order chi connectivity index (χ1) is 9.93. The van der Waals surface area contributed by atoms with Gasteiger partial charge in [-0.1, -0.05) is 45.4 Å². The van der Waals surface area contributed by atoms with Gasteiger partial charge in [-0.05, 0) is 54.1 Å². The predicted molar refractivity (Wildman–Crippen MR) is 87.3 cm³/mol. The van der Waals surface area contributed by atoms with Crippen LogP contribution in [0.1, 0.15) is 58.4 Å². The molecule has 1 N–H and O–H groups in total. The number of para-hydroxylation sites is 1. The third-order valence-electron chi connectivity index (χ3n) is 5.34. The minimum Gasteiger partial charge on any atom is -0.326 e. The Morgan fingerprint density at radius 3 is 2.57 bits per heavy atom. The molecule has 1 aromatic rings. The molecule has 2 aliphatic rings. The van der Waals surface area contributed by atoms with E-state index in [1.165, 1.54) is 31.2 Å². The Labute approximate surface area is 128 Å². The molecule has 0 saturated heterocycles. The van der Waals surface area contributed by atoms with Gasteiger partial charge in [-0.3, -0.25) is 4.79 Å². The average molecular weight is 285 g/mol. The summed E-state index contributed by atoms with van der Waals surface area (Å²) in [7, 11) is 0. The number of hydrogen-bond acceptors (Lipinski definition) is 1. The Morgan fingerprint density at radius 2 is 1.95 bits per heavy atom. The first-order valence-corrected chi connectivity index (χ1v) is 8.33. The topological polar surface area (TPSA) is 29.1 Å². The summed E-state index contributed by atoms with van der Waals surface area (Å²) in [6, 6.07) is 8.20. The maximum atomic E-state index is 12.4. The van der Waals surface area contributed by atoms with Gasteiger partial charge in [0.25, 0.3) is 0 Å². The zero-order chi connectivity index (χ0) is 15.0. The zero-order valence-corrected chi connectivity index (χ0v) is 13.5. The van der Waals surface area contributed by atoms with Gasteiger partial charge >= 0.3 is 0 Å². The fourth-order valence-corrected chi connectivity index (χ4v) is 4.31. The molecule has 2 heteroatoms.